The predicted molar refractivity (Wildman–Crippen MR) is 113 cm³/mol. The molecule has 0 aliphatic carbocycles. The zero-order valence-corrected chi connectivity index (χ0v) is 17.6. The molecule has 0 saturated carbocycles. The molecule has 4 heteroatoms. The molecule has 3 rings (SSSR count). The van der Waals surface area contributed by atoms with E-state index < -0.39 is 5.60 Å². The predicted octanol–water partition coefficient (Wildman–Crippen LogP) is 5.11. The molecule has 1 fully saturated rings. The van der Waals surface area contributed by atoms with Crippen molar-refractivity contribution in [3.63, 3.8) is 0 Å². The van der Waals surface area contributed by atoms with E-state index in [0.717, 1.165) is 0 Å². The average Bonchev–Trinajstić information content (AvgIpc) is 2.64. The van der Waals surface area contributed by atoms with Crippen LogP contribution < -0.4 is 0 Å². The van der Waals surface area contributed by atoms with Gasteiger partial charge in [0.05, 0.1) is 6.04 Å². The van der Waals surface area contributed by atoms with Crippen molar-refractivity contribution in [2.24, 2.45) is 0 Å². The third-order valence-electron chi connectivity index (χ3n) is 5.17. The van der Waals surface area contributed by atoms with Crippen LogP contribution in [0.5, 0.6) is 0 Å². The normalized spacial score (nSPS) is 21.0. The first-order chi connectivity index (χ1) is 13.3. The third kappa shape index (κ3) is 4.74. The molecule has 0 aromatic heterocycles. The van der Waals surface area contributed by atoms with Gasteiger partial charge in [-0.25, -0.2) is 4.79 Å². The molecule has 1 heterocycles. The van der Waals surface area contributed by atoms with Crippen LogP contribution >= 0.6 is 0 Å². The van der Waals surface area contributed by atoms with Crippen LogP contribution in [0.4, 0.5) is 4.79 Å². The summed E-state index contributed by atoms with van der Waals surface area (Å²) in [4.78, 5) is 17.0. The van der Waals surface area contributed by atoms with Gasteiger partial charge in [0.25, 0.3) is 0 Å². The topological polar surface area (TPSA) is 32.8 Å². The molecule has 2 aromatic rings. The van der Waals surface area contributed by atoms with Crippen LogP contribution in [0.2, 0.25) is 0 Å². The highest BCUT2D eigenvalue weighted by atomic mass is 16.6. The van der Waals surface area contributed by atoms with Crippen LogP contribution in [-0.4, -0.2) is 46.7 Å². The van der Waals surface area contributed by atoms with Gasteiger partial charge < -0.3 is 9.64 Å². The summed E-state index contributed by atoms with van der Waals surface area (Å²) in [5, 5.41) is 0. The Bertz CT molecular complexity index is 719. The van der Waals surface area contributed by atoms with Gasteiger partial charge in [0, 0.05) is 25.2 Å². The van der Waals surface area contributed by atoms with Gasteiger partial charge in [-0.15, -0.1) is 0 Å². The van der Waals surface area contributed by atoms with E-state index in [-0.39, 0.29) is 24.2 Å². The van der Waals surface area contributed by atoms with Crippen molar-refractivity contribution in [3.8, 4) is 0 Å². The molecule has 4 nitrogen and oxygen atoms in total. The Morgan fingerprint density at radius 2 is 1.32 bits per heavy atom. The molecule has 2 atom stereocenters. The van der Waals surface area contributed by atoms with Crippen molar-refractivity contribution >= 4 is 6.09 Å². The lowest BCUT2D eigenvalue weighted by atomic mass is 9.93. The molecule has 150 valence electrons. The minimum absolute atomic E-state index is 0.160. The first-order valence-corrected chi connectivity index (χ1v) is 10.1. The van der Waals surface area contributed by atoms with E-state index in [9.17, 15) is 4.79 Å². The Kier molecular flexibility index (Phi) is 6.09. The van der Waals surface area contributed by atoms with Crippen LogP contribution in [0.15, 0.2) is 60.7 Å². The third-order valence-corrected chi connectivity index (χ3v) is 5.17. The van der Waals surface area contributed by atoms with Crippen LogP contribution in [0.1, 0.15) is 51.8 Å². The second-order valence-electron chi connectivity index (χ2n) is 8.75. The van der Waals surface area contributed by atoms with Crippen molar-refractivity contribution in [1.29, 1.82) is 0 Å². The van der Waals surface area contributed by atoms with E-state index >= 15 is 0 Å². The van der Waals surface area contributed by atoms with E-state index in [2.05, 4.69) is 79.4 Å². The van der Waals surface area contributed by atoms with Gasteiger partial charge in [-0.2, -0.15) is 0 Å². The van der Waals surface area contributed by atoms with Gasteiger partial charge in [0.2, 0.25) is 0 Å². The summed E-state index contributed by atoms with van der Waals surface area (Å²) in [5.41, 5.74) is 2.08. The SMILES string of the molecule is CC1CN(C(=O)OC(C)(C)C)CC(C)N1C(c1ccccc1)c1ccccc1. The molecular weight excluding hydrogens is 348 g/mol. The number of hydrogen-bond donors (Lipinski definition) is 0. The van der Waals surface area contributed by atoms with Gasteiger partial charge >= 0.3 is 6.09 Å². The lowest BCUT2D eigenvalue weighted by Crippen LogP contribution is -2.59. The number of ether oxygens (including phenoxy) is 1. The Balaban J connectivity index is 1.87. The first-order valence-electron chi connectivity index (χ1n) is 10.1. The summed E-state index contributed by atoms with van der Waals surface area (Å²) in [6.07, 6.45) is -0.221. The Labute approximate surface area is 169 Å². The number of carbonyl (C=O) groups excluding carboxylic acids is 1. The van der Waals surface area contributed by atoms with Gasteiger partial charge in [-0.05, 0) is 45.7 Å². The minimum Gasteiger partial charge on any atom is -0.444 e. The average molecular weight is 381 g/mol. The molecule has 2 aromatic carbocycles. The molecule has 1 amide bonds. The molecule has 0 N–H and O–H groups in total. The number of piperazine rings is 1. The minimum atomic E-state index is -0.475. The molecule has 0 spiro atoms. The maximum absolute atomic E-state index is 12.6. The Morgan fingerprint density at radius 1 is 0.893 bits per heavy atom. The second-order valence-corrected chi connectivity index (χ2v) is 8.75. The fraction of sp³-hybridized carbons (Fsp3) is 0.458. The van der Waals surface area contributed by atoms with Crippen molar-refractivity contribution in [1.82, 2.24) is 9.80 Å². The number of amides is 1. The summed E-state index contributed by atoms with van der Waals surface area (Å²) in [6.45, 7) is 11.5. The zero-order chi connectivity index (χ0) is 20.3. The molecule has 1 aliphatic heterocycles. The van der Waals surface area contributed by atoms with E-state index in [1.807, 2.05) is 25.7 Å². The maximum Gasteiger partial charge on any atom is 0.410 e. The number of rotatable bonds is 3. The summed E-state index contributed by atoms with van der Waals surface area (Å²) < 4.78 is 5.61. The maximum atomic E-state index is 12.6. The van der Waals surface area contributed by atoms with Crippen LogP contribution in [-0.2, 0) is 4.74 Å². The number of carbonyl (C=O) groups is 1. The molecule has 1 aliphatic rings. The van der Waals surface area contributed by atoms with Gasteiger partial charge in [-0.1, -0.05) is 60.7 Å². The summed E-state index contributed by atoms with van der Waals surface area (Å²) >= 11 is 0. The highest BCUT2D eigenvalue weighted by Gasteiger charge is 2.38. The number of hydrogen-bond acceptors (Lipinski definition) is 3. The summed E-state index contributed by atoms with van der Waals surface area (Å²) in [7, 11) is 0. The first kappa shape index (κ1) is 20.4. The van der Waals surface area contributed by atoms with E-state index in [1.165, 1.54) is 11.1 Å². The molecule has 0 bridgehead atoms. The lowest BCUT2D eigenvalue weighted by molar-refractivity contribution is -0.0159. The van der Waals surface area contributed by atoms with Crippen molar-refractivity contribution in [2.45, 2.75) is 58.3 Å². The lowest BCUT2D eigenvalue weighted by Gasteiger charge is -2.48. The van der Waals surface area contributed by atoms with Gasteiger partial charge in [0.15, 0.2) is 0 Å². The zero-order valence-electron chi connectivity index (χ0n) is 17.6. The monoisotopic (exact) mass is 380 g/mol. The fourth-order valence-corrected chi connectivity index (χ4v) is 4.13. The van der Waals surface area contributed by atoms with Crippen LogP contribution in [0.3, 0.4) is 0 Å². The summed E-state index contributed by atoms with van der Waals surface area (Å²) in [6, 6.07) is 21.8. The second kappa shape index (κ2) is 8.36. The Morgan fingerprint density at radius 3 is 1.71 bits per heavy atom. The largest absolute Gasteiger partial charge is 0.444 e. The quantitative estimate of drug-likeness (QED) is 0.742. The highest BCUT2D eigenvalue weighted by Crippen LogP contribution is 2.34. The van der Waals surface area contributed by atoms with Crippen LogP contribution in [0, 0.1) is 0 Å². The molecule has 28 heavy (non-hydrogen) atoms. The smallest absolute Gasteiger partial charge is 0.410 e. The van der Waals surface area contributed by atoms with E-state index in [1.54, 1.807) is 0 Å². The fourth-order valence-electron chi connectivity index (χ4n) is 4.13. The number of nitrogens with zero attached hydrogens (tertiary/aromatic N) is 2. The number of benzene rings is 2. The standard InChI is InChI=1S/C24H32N2O2/c1-18-16-25(23(27)28-24(3,4)5)17-19(2)26(18)22(20-12-8-6-9-13-20)21-14-10-7-11-15-21/h6-15,18-19,22H,16-17H2,1-5H3. The van der Waals surface area contributed by atoms with Crippen molar-refractivity contribution in [2.75, 3.05) is 13.1 Å². The van der Waals surface area contributed by atoms with Crippen LogP contribution in [0.25, 0.3) is 0 Å². The summed E-state index contributed by atoms with van der Waals surface area (Å²) in [5.74, 6) is 0. The van der Waals surface area contributed by atoms with Gasteiger partial charge in [-0.3, -0.25) is 4.90 Å². The van der Waals surface area contributed by atoms with E-state index in [4.69, 9.17) is 4.74 Å². The molecule has 0 radical (unpaired) electrons. The molecular formula is C24H32N2O2. The van der Waals surface area contributed by atoms with Crippen molar-refractivity contribution < 1.29 is 9.53 Å². The van der Waals surface area contributed by atoms with E-state index in [0.29, 0.717) is 13.1 Å². The molecule has 1 saturated heterocycles. The molecule has 2 unspecified atom stereocenters. The van der Waals surface area contributed by atoms with Gasteiger partial charge in [0.1, 0.15) is 5.60 Å². The Hall–Kier alpha value is -2.33. The highest BCUT2D eigenvalue weighted by molar-refractivity contribution is 5.68. The van der Waals surface area contributed by atoms with Crippen molar-refractivity contribution in [3.05, 3.63) is 71.8 Å².